The van der Waals surface area contributed by atoms with E-state index < -0.39 is 0 Å². The number of nitrogens with zero attached hydrogens (tertiary/aromatic N) is 1. The first kappa shape index (κ1) is 19.5. The van der Waals surface area contributed by atoms with Crippen LogP contribution in [0.4, 0.5) is 0 Å². The number of rotatable bonds is 6. The molecule has 0 aromatic heterocycles. The van der Waals surface area contributed by atoms with Crippen molar-refractivity contribution in [3.05, 3.63) is 35.4 Å². The van der Waals surface area contributed by atoms with Crippen LogP contribution < -0.4 is 11.1 Å². The lowest BCUT2D eigenvalue weighted by Crippen LogP contribution is -2.36. The lowest BCUT2D eigenvalue weighted by molar-refractivity contribution is 0.291. The van der Waals surface area contributed by atoms with E-state index in [9.17, 15) is 0 Å². The van der Waals surface area contributed by atoms with Gasteiger partial charge in [-0.15, -0.1) is 24.8 Å². The van der Waals surface area contributed by atoms with Crippen molar-refractivity contribution in [1.82, 2.24) is 5.32 Å². The summed E-state index contributed by atoms with van der Waals surface area (Å²) in [5.74, 6) is 0. The Morgan fingerprint density at radius 3 is 2.39 bits per heavy atom. The van der Waals surface area contributed by atoms with Crippen molar-refractivity contribution in [2.24, 2.45) is 5.73 Å². The Balaban J connectivity index is 0. The molecular formula is C12H19Cl2N3O. The fourth-order valence-electron chi connectivity index (χ4n) is 1.46. The number of benzene rings is 1. The van der Waals surface area contributed by atoms with Crippen LogP contribution in [0.3, 0.4) is 0 Å². The molecule has 1 aromatic carbocycles. The number of halogens is 2. The molecule has 0 radical (unpaired) electrons. The molecule has 0 fully saturated rings. The summed E-state index contributed by atoms with van der Waals surface area (Å²) in [6.07, 6.45) is 0.768. The number of aliphatic hydroxyl groups is 1. The second-order valence-electron chi connectivity index (χ2n) is 3.70. The number of nitriles is 1. The molecule has 1 aromatic rings. The van der Waals surface area contributed by atoms with Crippen LogP contribution in [-0.2, 0) is 6.42 Å². The topological polar surface area (TPSA) is 82.1 Å². The van der Waals surface area contributed by atoms with Crippen molar-refractivity contribution in [1.29, 1.82) is 5.26 Å². The van der Waals surface area contributed by atoms with E-state index in [2.05, 4.69) is 11.4 Å². The van der Waals surface area contributed by atoms with E-state index in [4.69, 9.17) is 16.1 Å². The monoisotopic (exact) mass is 291 g/mol. The van der Waals surface area contributed by atoms with E-state index in [1.807, 2.05) is 12.1 Å². The number of aliphatic hydroxyl groups excluding tert-OH is 1. The molecule has 4 nitrogen and oxygen atoms in total. The molecule has 0 unspecified atom stereocenters. The summed E-state index contributed by atoms with van der Waals surface area (Å²) >= 11 is 0. The number of hydrogen-bond donors (Lipinski definition) is 3. The summed E-state index contributed by atoms with van der Waals surface area (Å²) in [6, 6.07) is 9.54. The molecule has 6 heteroatoms. The maximum Gasteiger partial charge on any atom is 0.0991 e. The average molecular weight is 292 g/mol. The number of hydrogen-bond acceptors (Lipinski definition) is 4. The van der Waals surface area contributed by atoms with E-state index >= 15 is 0 Å². The van der Waals surface area contributed by atoms with Gasteiger partial charge in [0.15, 0.2) is 0 Å². The molecular weight excluding hydrogens is 273 g/mol. The molecule has 0 aliphatic rings. The largest absolute Gasteiger partial charge is 0.395 e. The Labute approximate surface area is 120 Å². The van der Waals surface area contributed by atoms with Crippen molar-refractivity contribution in [3.8, 4) is 6.07 Å². The molecule has 0 bridgehead atoms. The normalized spacial score (nSPS) is 10.7. The summed E-state index contributed by atoms with van der Waals surface area (Å²) in [7, 11) is 0. The van der Waals surface area contributed by atoms with Crippen LogP contribution in [0, 0.1) is 11.3 Å². The second kappa shape index (κ2) is 11.3. The molecule has 18 heavy (non-hydrogen) atoms. The van der Waals surface area contributed by atoms with Gasteiger partial charge in [0, 0.05) is 19.1 Å². The molecule has 102 valence electrons. The molecule has 0 amide bonds. The van der Waals surface area contributed by atoms with Gasteiger partial charge in [0.05, 0.1) is 18.2 Å². The maximum atomic E-state index is 8.65. The number of nitrogens with one attached hydrogen (secondary N) is 1. The summed E-state index contributed by atoms with van der Waals surface area (Å²) in [6.45, 7) is 1.38. The highest BCUT2D eigenvalue weighted by molar-refractivity contribution is 5.85. The highest BCUT2D eigenvalue weighted by Crippen LogP contribution is 2.05. The lowest BCUT2D eigenvalue weighted by Gasteiger charge is -2.12. The van der Waals surface area contributed by atoms with Crippen LogP contribution in [-0.4, -0.2) is 30.8 Å². The quantitative estimate of drug-likeness (QED) is 0.679. The molecule has 0 aliphatic heterocycles. The van der Waals surface area contributed by atoms with Gasteiger partial charge < -0.3 is 16.2 Å². The highest BCUT2D eigenvalue weighted by atomic mass is 35.5. The maximum absolute atomic E-state index is 8.65. The second-order valence-corrected chi connectivity index (χ2v) is 3.70. The van der Waals surface area contributed by atoms with Crippen LogP contribution in [0.5, 0.6) is 0 Å². The van der Waals surface area contributed by atoms with Gasteiger partial charge in [0.25, 0.3) is 0 Å². The Kier molecular flexibility index (Phi) is 12.2. The van der Waals surface area contributed by atoms with Crippen LogP contribution in [0.1, 0.15) is 11.1 Å². The molecule has 0 heterocycles. The van der Waals surface area contributed by atoms with Crippen LogP contribution in [0.15, 0.2) is 24.3 Å². The van der Waals surface area contributed by atoms with E-state index in [0.29, 0.717) is 18.7 Å². The van der Waals surface area contributed by atoms with Gasteiger partial charge in [-0.1, -0.05) is 12.1 Å². The minimum atomic E-state index is 0. The molecule has 1 atom stereocenters. The summed E-state index contributed by atoms with van der Waals surface area (Å²) < 4.78 is 0. The predicted octanol–water partition coefficient (Wildman–Crippen LogP) is 0.854. The van der Waals surface area contributed by atoms with Crippen molar-refractivity contribution in [3.63, 3.8) is 0 Å². The fourth-order valence-corrected chi connectivity index (χ4v) is 1.46. The summed E-state index contributed by atoms with van der Waals surface area (Å²) in [5, 5.41) is 20.3. The molecule has 0 saturated heterocycles. The minimum Gasteiger partial charge on any atom is -0.395 e. The summed E-state index contributed by atoms with van der Waals surface area (Å²) in [5.41, 5.74) is 7.69. The van der Waals surface area contributed by atoms with Crippen LogP contribution >= 0.6 is 24.8 Å². The third-order valence-electron chi connectivity index (χ3n) is 2.28. The van der Waals surface area contributed by atoms with Gasteiger partial charge in [0.2, 0.25) is 0 Å². The van der Waals surface area contributed by atoms with Crippen molar-refractivity contribution in [2.45, 2.75) is 12.5 Å². The first-order valence-corrected chi connectivity index (χ1v) is 5.32. The zero-order chi connectivity index (χ0) is 11.8. The van der Waals surface area contributed by atoms with Crippen LogP contribution in [0.2, 0.25) is 0 Å². The molecule has 0 spiro atoms. The number of nitrogens with two attached hydrogens (primary N) is 1. The standard InChI is InChI=1S/C12H17N3O.2ClH/c13-8-11-3-1-10(2-4-11)7-12(14)9-15-5-6-16;;/h1-4,12,15-16H,5-7,9,14H2;2*1H/t12-;;/m1../s1. The van der Waals surface area contributed by atoms with Gasteiger partial charge in [0.1, 0.15) is 0 Å². The SMILES string of the molecule is Cl.Cl.N#Cc1ccc(C[C@@H](N)CNCCO)cc1. The third kappa shape index (κ3) is 7.49. The Morgan fingerprint density at radius 1 is 1.28 bits per heavy atom. The zero-order valence-corrected chi connectivity index (χ0v) is 11.6. The van der Waals surface area contributed by atoms with Gasteiger partial charge in [-0.3, -0.25) is 0 Å². The summed E-state index contributed by atoms with van der Waals surface area (Å²) in [4.78, 5) is 0. The van der Waals surface area contributed by atoms with Gasteiger partial charge in [-0.2, -0.15) is 5.26 Å². The zero-order valence-electron chi connectivity index (χ0n) is 10.0. The fraction of sp³-hybridized carbons (Fsp3) is 0.417. The van der Waals surface area contributed by atoms with Crippen molar-refractivity contribution < 1.29 is 5.11 Å². The smallest absolute Gasteiger partial charge is 0.0991 e. The first-order valence-electron chi connectivity index (χ1n) is 5.32. The molecule has 0 saturated carbocycles. The molecule has 1 rings (SSSR count). The van der Waals surface area contributed by atoms with Crippen molar-refractivity contribution in [2.75, 3.05) is 19.7 Å². The minimum absolute atomic E-state index is 0. The van der Waals surface area contributed by atoms with Gasteiger partial charge in [-0.25, -0.2) is 0 Å². The van der Waals surface area contributed by atoms with E-state index in [-0.39, 0.29) is 37.5 Å². The van der Waals surface area contributed by atoms with Crippen LogP contribution in [0.25, 0.3) is 0 Å². The van der Waals surface area contributed by atoms with E-state index in [1.54, 1.807) is 12.1 Å². The predicted molar refractivity (Wildman–Crippen MR) is 77.3 cm³/mol. The Bertz CT molecular complexity index is 351. The van der Waals surface area contributed by atoms with Crippen molar-refractivity contribution >= 4 is 24.8 Å². The Hall–Kier alpha value is -0.830. The van der Waals surface area contributed by atoms with Gasteiger partial charge in [-0.05, 0) is 24.1 Å². The van der Waals surface area contributed by atoms with Gasteiger partial charge >= 0.3 is 0 Å². The Morgan fingerprint density at radius 2 is 1.89 bits per heavy atom. The lowest BCUT2D eigenvalue weighted by atomic mass is 10.1. The first-order chi connectivity index (χ1) is 7.76. The average Bonchev–Trinajstić information content (AvgIpc) is 2.30. The van der Waals surface area contributed by atoms with E-state index in [0.717, 1.165) is 12.0 Å². The highest BCUT2D eigenvalue weighted by Gasteiger charge is 2.03. The van der Waals surface area contributed by atoms with E-state index in [1.165, 1.54) is 0 Å². The molecule has 4 N–H and O–H groups in total. The third-order valence-corrected chi connectivity index (χ3v) is 2.28. The molecule has 0 aliphatic carbocycles.